The van der Waals surface area contributed by atoms with Crippen LogP contribution in [0.2, 0.25) is 5.02 Å². The second kappa shape index (κ2) is 8.33. The van der Waals surface area contributed by atoms with Gasteiger partial charge < -0.3 is 5.32 Å². The number of benzene rings is 2. The maximum absolute atomic E-state index is 12.5. The molecule has 1 N–H and O–H groups in total. The summed E-state index contributed by atoms with van der Waals surface area (Å²) in [5.74, 6) is -0.107. The number of amides is 1. The average molecular weight is 388 g/mol. The molecule has 8 heteroatoms. The second-order valence-electron chi connectivity index (χ2n) is 5.65. The average Bonchev–Trinajstić information content (AvgIpc) is 3.11. The summed E-state index contributed by atoms with van der Waals surface area (Å²) in [7, 11) is 0. The predicted octanol–water partition coefficient (Wildman–Crippen LogP) is 4.00. The van der Waals surface area contributed by atoms with Gasteiger partial charge in [-0.05, 0) is 65.7 Å². The van der Waals surface area contributed by atoms with Crippen LogP contribution in [0.4, 0.5) is 5.69 Å². The Morgan fingerprint density at radius 3 is 2.54 bits per heavy atom. The van der Waals surface area contributed by atoms with E-state index in [2.05, 4.69) is 27.8 Å². The van der Waals surface area contributed by atoms with Crippen molar-refractivity contribution in [3.05, 3.63) is 59.1 Å². The van der Waals surface area contributed by atoms with Crippen molar-refractivity contribution in [2.24, 2.45) is 0 Å². The molecular formula is C18H18ClN5OS. The van der Waals surface area contributed by atoms with E-state index in [1.807, 2.05) is 43.3 Å². The number of nitrogens with one attached hydrogen (secondary N) is 1. The van der Waals surface area contributed by atoms with Crippen LogP contribution in [0.5, 0.6) is 0 Å². The molecule has 134 valence electrons. The lowest BCUT2D eigenvalue weighted by Crippen LogP contribution is -2.22. The molecular weight excluding hydrogens is 370 g/mol. The first-order valence-corrected chi connectivity index (χ1v) is 9.43. The lowest BCUT2D eigenvalue weighted by atomic mass is 10.1. The van der Waals surface area contributed by atoms with E-state index in [-0.39, 0.29) is 11.2 Å². The van der Waals surface area contributed by atoms with Gasteiger partial charge in [-0.3, -0.25) is 4.79 Å². The van der Waals surface area contributed by atoms with Crippen LogP contribution in [0.25, 0.3) is 5.69 Å². The fourth-order valence-corrected chi connectivity index (χ4v) is 3.21. The van der Waals surface area contributed by atoms with Gasteiger partial charge in [0.1, 0.15) is 0 Å². The lowest BCUT2D eigenvalue weighted by Gasteiger charge is -2.12. The van der Waals surface area contributed by atoms with Crippen LogP contribution in [0.15, 0.2) is 53.7 Å². The summed E-state index contributed by atoms with van der Waals surface area (Å²) < 4.78 is 1.58. The fourth-order valence-electron chi connectivity index (χ4n) is 2.28. The van der Waals surface area contributed by atoms with Crippen LogP contribution in [0.1, 0.15) is 19.4 Å². The number of tetrazole rings is 1. The first kappa shape index (κ1) is 18.4. The number of nitrogens with zero attached hydrogens (tertiary/aromatic N) is 4. The van der Waals surface area contributed by atoms with Gasteiger partial charge in [-0.15, -0.1) is 5.10 Å². The quantitative estimate of drug-likeness (QED) is 0.647. The van der Waals surface area contributed by atoms with Crippen molar-refractivity contribution >= 4 is 35.0 Å². The zero-order valence-corrected chi connectivity index (χ0v) is 16.0. The molecule has 0 aliphatic rings. The van der Waals surface area contributed by atoms with E-state index < -0.39 is 0 Å². The summed E-state index contributed by atoms with van der Waals surface area (Å²) in [5, 5.41) is 15.5. The number of rotatable bonds is 6. The molecule has 0 fully saturated rings. The zero-order chi connectivity index (χ0) is 18.5. The molecule has 2 aromatic carbocycles. The minimum absolute atomic E-state index is 0.107. The highest BCUT2D eigenvalue weighted by Gasteiger charge is 2.19. The third-order valence-corrected chi connectivity index (χ3v) is 5.08. The Morgan fingerprint density at radius 1 is 1.19 bits per heavy atom. The standard InChI is InChI=1S/C18H18ClN5OS/c1-3-13-4-8-15(9-5-13)20-17(25)12(2)26-18-21-22-23-24(18)16-10-6-14(19)7-11-16/h4-12H,3H2,1-2H3,(H,20,25)/t12-/m1/s1. The number of aromatic nitrogens is 4. The molecule has 3 rings (SSSR count). The van der Waals surface area contributed by atoms with Crippen molar-refractivity contribution in [2.45, 2.75) is 30.7 Å². The van der Waals surface area contributed by atoms with E-state index in [4.69, 9.17) is 11.6 Å². The smallest absolute Gasteiger partial charge is 0.237 e. The number of halogens is 1. The van der Waals surface area contributed by atoms with Crippen molar-refractivity contribution < 1.29 is 4.79 Å². The summed E-state index contributed by atoms with van der Waals surface area (Å²) in [6.45, 7) is 3.92. The Kier molecular flexibility index (Phi) is 5.90. The van der Waals surface area contributed by atoms with Gasteiger partial charge in [-0.25, -0.2) is 0 Å². The van der Waals surface area contributed by atoms with Gasteiger partial charge in [0, 0.05) is 10.7 Å². The molecule has 1 atom stereocenters. The van der Waals surface area contributed by atoms with Gasteiger partial charge in [0.25, 0.3) is 0 Å². The van der Waals surface area contributed by atoms with Crippen molar-refractivity contribution in [2.75, 3.05) is 5.32 Å². The van der Waals surface area contributed by atoms with Crippen molar-refractivity contribution in [1.29, 1.82) is 0 Å². The van der Waals surface area contributed by atoms with Crippen LogP contribution >= 0.6 is 23.4 Å². The Bertz CT molecular complexity index is 879. The third kappa shape index (κ3) is 4.42. The van der Waals surface area contributed by atoms with Gasteiger partial charge in [-0.2, -0.15) is 4.68 Å². The van der Waals surface area contributed by atoms with E-state index in [0.717, 1.165) is 17.8 Å². The summed E-state index contributed by atoms with van der Waals surface area (Å²) >= 11 is 7.21. The minimum atomic E-state index is -0.363. The molecule has 0 unspecified atom stereocenters. The highest BCUT2D eigenvalue weighted by Crippen LogP contribution is 2.24. The van der Waals surface area contributed by atoms with Gasteiger partial charge >= 0.3 is 0 Å². The molecule has 1 heterocycles. The topological polar surface area (TPSA) is 72.7 Å². The predicted molar refractivity (Wildman–Crippen MR) is 104 cm³/mol. The Morgan fingerprint density at radius 2 is 1.88 bits per heavy atom. The van der Waals surface area contributed by atoms with E-state index in [1.54, 1.807) is 16.8 Å². The molecule has 6 nitrogen and oxygen atoms in total. The van der Waals surface area contributed by atoms with Gasteiger partial charge in [0.05, 0.1) is 10.9 Å². The fraction of sp³-hybridized carbons (Fsp3) is 0.222. The molecule has 0 spiro atoms. The van der Waals surface area contributed by atoms with Gasteiger partial charge in [-0.1, -0.05) is 42.4 Å². The van der Waals surface area contributed by atoms with Crippen LogP contribution < -0.4 is 5.32 Å². The first-order valence-electron chi connectivity index (χ1n) is 8.17. The summed E-state index contributed by atoms with van der Waals surface area (Å²) in [4.78, 5) is 12.5. The van der Waals surface area contributed by atoms with Gasteiger partial charge in [0.15, 0.2) is 0 Å². The number of aryl methyl sites for hydroxylation is 1. The molecule has 26 heavy (non-hydrogen) atoms. The summed E-state index contributed by atoms with van der Waals surface area (Å²) in [5.41, 5.74) is 2.79. The number of carbonyl (C=O) groups excluding carboxylic acids is 1. The van der Waals surface area contributed by atoms with Gasteiger partial charge in [0.2, 0.25) is 11.1 Å². The summed E-state index contributed by atoms with van der Waals surface area (Å²) in [6, 6.07) is 15.0. The molecule has 3 aromatic rings. The molecule has 0 radical (unpaired) electrons. The molecule has 0 bridgehead atoms. The zero-order valence-electron chi connectivity index (χ0n) is 14.4. The first-order chi connectivity index (χ1) is 12.6. The number of thioether (sulfide) groups is 1. The largest absolute Gasteiger partial charge is 0.325 e. The maximum Gasteiger partial charge on any atom is 0.237 e. The Hall–Kier alpha value is -2.38. The highest BCUT2D eigenvalue weighted by molar-refractivity contribution is 8.00. The normalized spacial score (nSPS) is 12.0. The van der Waals surface area contributed by atoms with Crippen LogP contribution in [0.3, 0.4) is 0 Å². The SMILES string of the molecule is CCc1ccc(NC(=O)[C@@H](C)Sc2nnnn2-c2ccc(Cl)cc2)cc1. The number of hydrogen-bond acceptors (Lipinski definition) is 5. The summed E-state index contributed by atoms with van der Waals surface area (Å²) in [6.07, 6.45) is 0.966. The third-order valence-electron chi connectivity index (χ3n) is 3.79. The number of hydrogen-bond donors (Lipinski definition) is 1. The minimum Gasteiger partial charge on any atom is -0.325 e. The second-order valence-corrected chi connectivity index (χ2v) is 7.39. The molecule has 0 saturated carbocycles. The van der Waals surface area contributed by atoms with Crippen molar-refractivity contribution in [3.8, 4) is 5.69 Å². The monoisotopic (exact) mass is 387 g/mol. The molecule has 1 aromatic heterocycles. The molecule has 1 amide bonds. The number of anilines is 1. The van der Waals surface area contributed by atoms with E-state index >= 15 is 0 Å². The number of carbonyl (C=O) groups is 1. The highest BCUT2D eigenvalue weighted by atomic mass is 35.5. The van der Waals surface area contributed by atoms with Crippen molar-refractivity contribution in [1.82, 2.24) is 20.2 Å². The van der Waals surface area contributed by atoms with Crippen LogP contribution in [-0.4, -0.2) is 31.4 Å². The van der Waals surface area contributed by atoms with Crippen molar-refractivity contribution in [3.63, 3.8) is 0 Å². The van der Waals surface area contributed by atoms with E-state index in [1.165, 1.54) is 17.3 Å². The Balaban J connectivity index is 1.67. The Labute approximate surface area is 160 Å². The van der Waals surface area contributed by atoms with Crippen LogP contribution in [-0.2, 0) is 11.2 Å². The lowest BCUT2D eigenvalue weighted by molar-refractivity contribution is -0.115. The maximum atomic E-state index is 12.5. The molecule has 0 aliphatic heterocycles. The molecule has 0 aliphatic carbocycles. The van der Waals surface area contributed by atoms with Crippen LogP contribution in [0, 0.1) is 0 Å². The van der Waals surface area contributed by atoms with E-state index in [9.17, 15) is 4.79 Å². The van der Waals surface area contributed by atoms with E-state index in [0.29, 0.717) is 10.2 Å². The molecule has 0 saturated heterocycles.